The van der Waals surface area contributed by atoms with Crippen molar-refractivity contribution in [3.63, 3.8) is 0 Å². The Balaban J connectivity index is 1.90. The lowest BCUT2D eigenvalue weighted by molar-refractivity contribution is -0.137. The van der Waals surface area contributed by atoms with Crippen LogP contribution in [-0.2, 0) is 12.7 Å². The normalized spacial score (nSPS) is 11.5. The number of pyridine rings is 1. The Morgan fingerprint density at radius 2 is 1.96 bits per heavy atom. The van der Waals surface area contributed by atoms with E-state index in [4.69, 9.17) is 4.74 Å². The van der Waals surface area contributed by atoms with Crippen LogP contribution in [0.2, 0.25) is 0 Å². The van der Waals surface area contributed by atoms with Crippen LogP contribution in [0.1, 0.15) is 11.1 Å². The zero-order valence-electron chi connectivity index (χ0n) is 13.3. The molecule has 4 nitrogen and oxygen atoms in total. The van der Waals surface area contributed by atoms with Gasteiger partial charge in [0, 0.05) is 29.4 Å². The molecule has 0 amide bonds. The number of methoxy groups -OCH3 is 1. The topological polar surface area (TPSA) is 54.4 Å². The number of nitrogens with one attached hydrogen (secondary N) is 1. The molecule has 0 atom stereocenters. The second-order valence-corrected chi connectivity index (χ2v) is 5.41. The van der Waals surface area contributed by atoms with Crippen molar-refractivity contribution in [1.29, 1.82) is 0 Å². The van der Waals surface area contributed by atoms with Crippen LogP contribution < -0.4 is 10.1 Å². The predicted octanol–water partition coefficient (Wildman–Crippen LogP) is 4.58. The van der Waals surface area contributed by atoms with Crippen molar-refractivity contribution in [3.05, 3.63) is 59.8 Å². The van der Waals surface area contributed by atoms with Crippen molar-refractivity contribution in [1.82, 2.24) is 4.98 Å². The minimum atomic E-state index is -4.41. The van der Waals surface area contributed by atoms with Gasteiger partial charge < -0.3 is 15.2 Å². The highest BCUT2D eigenvalue weighted by Gasteiger charge is 2.30. The minimum absolute atomic E-state index is 0.0234. The Kier molecular flexibility index (Phi) is 4.39. The van der Waals surface area contributed by atoms with E-state index in [2.05, 4.69) is 10.3 Å². The Morgan fingerprint density at radius 1 is 1.16 bits per heavy atom. The smallest absolute Gasteiger partial charge is 0.416 e. The minimum Gasteiger partial charge on any atom is -0.504 e. The van der Waals surface area contributed by atoms with Crippen LogP contribution in [0.25, 0.3) is 10.9 Å². The third-order valence-corrected chi connectivity index (χ3v) is 3.84. The van der Waals surface area contributed by atoms with Gasteiger partial charge in [-0.05, 0) is 24.3 Å². The molecule has 0 fully saturated rings. The number of hydrogen-bond donors (Lipinski definition) is 2. The molecule has 3 rings (SSSR count). The van der Waals surface area contributed by atoms with E-state index in [9.17, 15) is 18.3 Å². The van der Waals surface area contributed by atoms with Gasteiger partial charge in [-0.15, -0.1) is 0 Å². The molecule has 2 N–H and O–H groups in total. The molecule has 1 heterocycles. The van der Waals surface area contributed by atoms with E-state index < -0.39 is 11.7 Å². The number of phenolic OH excluding ortho intramolecular Hbond substituents is 1. The van der Waals surface area contributed by atoms with E-state index in [-0.39, 0.29) is 17.8 Å². The van der Waals surface area contributed by atoms with Crippen molar-refractivity contribution in [2.45, 2.75) is 12.7 Å². The average Bonchev–Trinajstić information content (AvgIpc) is 2.59. The lowest BCUT2D eigenvalue weighted by atomic mass is 10.1. The van der Waals surface area contributed by atoms with Gasteiger partial charge in [-0.1, -0.05) is 18.2 Å². The first-order valence-electron chi connectivity index (χ1n) is 7.45. The summed E-state index contributed by atoms with van der Waals surface area (Å²) in [5.41, 5.74) is 0.738. The van der Waals surface area contributed by atoms with E-state index in [1.807, 2.05) is 0 Å². The number of benzene rings is 2. The van der Waals surface area contributed by atoms with Gasteiger partial charge in [-0.25, -0.2) is 0 Å². The van der Waals surface area contributed by atoms with Crippen LogP contribution in [-0.4, -0.2) is 17.2 Å². The summed E-state index contributed by atoms with van der Waals surface area (Å²) in [5.74, 6) is 0.379. The molecule has 0 aliphatic carbocycles. The van der Waals surface area contributed by atoms with Gasteiger partial charge in [-0.2, -0.15) is 13.2 Å². The van der Waals surface area contributed by atoms with Crippen molar-refractivity contribution < 1.29 is 23.0 Å². The largest absolute Gasteiger partial charge is 0.504 e. The third kappa shape index (κ3) is 3.45. The Hall–Kier alpha value is -2.96. The number of aromatic nitrogens is 1. The number of phenols is 1. The highest BCUT2D eigenvalue weighted by molar-refractivity contribution is 5.91. The number of nitrogens with zero attached hydrogens (tertiary/aromatic N) is 1. The van der Waals surface area contributed by atoms with Crippen molar-refractivity contribution >= 4 is 16.6 Å². The number of para-hydroxylation sites is 1. The second-order valence-electron chi connectivity index (χ2n) is 5.41. The van der Waals surface area contributed by atoms with Gasteiger partial charge in [0.15, 0.2) is 11.5 Å². The van der Waals surface area contributed by atoms with Gasteiger partial charge >= 0.3 is 6.18 Å². The summed E-state index contributed by atoms with van der Waals surface area (Å²) in [7, 11) is 1.46. The lowest BCUT2D eigenvalue weighted by Gasteiger charge is -2.13. The van der Waals surface area contributed by atoms with E-state index in [0.29, 0.717) is 22.4 Å². The summed E-state index contributed by atoms with van der Waals surface area (Å²) in [6, 6.07) is 10.2. The number of hydrogen-bond acceptors (Lipinski definition) is 4. The average molecular weight is 348 g/mol. The van der Waals surface area contributed by atoms with Crippen LogP contribution in [0.5, 0.6) is 11.5 Å². The van der Waals surface area contributed by atoms with Crippen molar-refractivity contribution in [2.75, 3.05) is 12.4 Å². The first kappa shape index (κ1) is 16.9. The molecule has 0 saturated carbocycles. The molecule has 25 heavy (non-hydrogen) atoms. The molecule has 0 spiro atoms. The van der Waals surface area contributed by atoms with E-state index in [0.717, 1.165) is 12.1 Å². The van der Waals surface area contributed by atoms with Gasteiger partial charge in [0.1, 0.15) is 0 Å². The zero-order chi connectivity index (χ0) is 18.0. The number of rotatable bonds is 4. The van der Waals surface area contributed by atoms with Gasteiger partial charge in [0.2, 0.25) is 0 Å². The molecule has 0 saturated heterocycles. The fraction of sp³-hybridized carbons (Fsp3) is 0.167. The lowest BCUT2D eigenvalue weighted by Crippen LogP contribution is -2.05. The maximum Gasteiger partial charge on any atom is 0.416 e. The molecule has 0 aliphatic rings. The summed E-state index contributed by atoms with van der Waals surface area (Å²) in [6.45, 7) is 0.281. The summed E-state index contributed by atoms with van der Waals surface area (Å²) in [5, 5.41) is 13.8. The molecule has 0 radical (unpaired) electrons. The van der Waals surface area contributed by atoms with Crippen molar-refractivity contribution in [2.24, 2.45) is 0 Å². The molecule has 1 aromatic heterocycles. The monoisotopic (exact) mass is 348 g/mol. The molecular weight excluding hydrogens is 333 g/mol. The fourth-order valence-electron chi connectivity index (χ4n) is 2.54. The maximum absolute atomic E-state index is 12.8. The molecule has 0 unspecified atom stereocenters. The van der Waals surface area contributed by atoms with Gasteiger partial charge in [-0.3, -0.25) is 4.98 Å². The number of aromatic hydroxyl groups is 1. The molecule has 0 bridgehead atoms. The summed E-state index contributed by atoms with van der Waals surface area (Å²) in [4.78, 5) is 4.01. The number of ether oxygens (including phenoxy) is 1. The maximum atomic E-state index is 12.8. The Labute approximate surface area is 141 Å². The summed E-state index contributed by atoms with van der Waals surface area (Å²) < 4.78 is 43.5. The molecule has 7 heteroatoms. The molecule has 130 valence electrons. The van der Waals surface area contributed by atoms with Gasteiger partial charge in [0.05, 0.1) is 18.2 Å². The van der Waals surface area contributed by atoms with E-state index >= 15 is 0 Å². The number of anilines is 1. The second kappa shape index (κ2) is 6.51. The quantitative estimate of drug-likeness (QED) is 0.725. The molecule has 3 aromatic rings. The van der Waals surface area contributed by atoms with Crippen LogP contribution in [0.15, 0.2) is 48.7 Å². The molecular formula is C18H15F3N2O2. The molecule has 2 aromatic carbocycles. The van der Waals surface area contributed by atoms with Gasteiger partial charge in [0.25, 0.3) is 0 Å². The highest BCUT2D eigenvalue weighted by atomic mass is 19.4. The molecule has 0 aliphatic heterocycles. The summed E-state index contributed by atoms with van der Waals surface area (Å²) >= 11 is 0. The number of halogens is 3. The number of alkyl halides is 3. The highest BCUT2D eigenvalue weighted by Crippen LogP contribution is 2.33. The zero-order valence-corrected chi connectivity index (χ0v) is 13.3. The third-order valence-electron chi connectivity index (χ3n) is 3.84. The van der Waals surface area contributed by atoms with Crippen LogP contribution in [0.4, 0.5) is 18.9 Å². The fourth-order valence-corrected chi connectivity index (χ4v) is 2.54. The van der Waals surface area contributed by atoms with E-state index in [1.165, 1.54) is 19.4 Å². The standard InChI is InChI=1S/C18H15F3N2O2/c1-25-16-4-2-3-11(17(16)24)10-23-14-7-8-22-15-9-12(18(19,20)21)5-6-13(14)15/h2-9,24H,10H2,1H3,(H,22,23). The van der Waals surface area contributed by atoms with Crippen molar-refractivity contribution in [3.8, 4) is 11.5 Å². The first-order valence-corrected chi connectivity index (χ1v) is 7.45. The Bertz CT molecular complexity index is 910. The van der Waals surface area contributed by atoms with Crippen LogP contribution >= 0.6 is 0 Å². The Morgan fingerprint density at radius 3 is 2.68 bits per heavy atom. The SMILES string of the molecule is COc1cccc(CNc2ccnc3cc(C(F)(F)F)ccc23)c1O. The summed E-state index contributed by atoms with van der Waals surface area (Å²) in [6.07, 6.45) is -2.97. The predicted molar refractivity (Wildman–Crippen MR) is 88.7 cm³/mol. The van der Waals surface area contributed by atoms with Crippen LogP contribution in [0.3, 0.4) is 0 Å². The van der Waals surface area contributed by atoms with Crippen LogP contribution in [0, 0.1) is 0 Å². The van der Waals surface area contributed by atoms with E-state index in [1.54, 1.807) is 24.3 Å². The first-order chi connectivity index (χ1) is 11.9. The number of fused-ring (bicyclic) bond motifs is 1.